The summed E-state index contributed by atoms with van der Waals surface area (Å²) >= 11 is 6.15. The van der Waals surface area contributed by atoms with Crippen LogP contribution in [-0.4, -0.2) is 25.6 Å². The number of fused-ring (bicyclic) bond motifs is 1. The van der Waals surface area contributed by atoms with Crippen LogP contribution >= 0.6 is 11.6 Å². The first-order chi connectivity index (χ1) is 17.1. The Bertz CT molecular complexity index is 1550. The molecule has 0 radical (unpaired) electrons. The van der Waals surface area contributed by atoms with E-state index in [1.165, 1.54) is 11.9 Å². The maximum atomic E-state index is 6.15. The Morgan fingerprint density at radius 3 is 2.40 bits per heavy atom. The largest absolute Gasteiger partial charge is 0.363 e. The number of amidine groups is 1. The normalized spacial score (nSPS) is 15.3. The van der Waals surface area contributed by atoms with E-state index in [1.54, 1.807) is 11.0 Å². The lowest BCUT2D eigenvalue weighted by Gasteiger charge is -2.27. The third-order valence-corrected chi connectivity index (χ3v) is 6.25. The highest BCUT2D eigenvalue weighted by Crippen LogP contribution is 2.38. The lowest BCUT2D eigenvalue weighted by Crippen LogP contribution is -2.32. The fourth-order valence-corrected chi connectivity index (χ4v) is 4.36. The molecule has 2 aromatic heterocycles. The molecule has 0 saturated carbocycles. The van der Waals surface area contributed by atoms with Gasteiger partial charge in [0.2, 0.25) is 6.23 Å². The number of aromatic nitrogens is 4. The van der Waals surface area contributed by atoms with E-state index < -0.39 is 6.23 Å². The number of nitrogens with zero attached hydrogens (tertiary/aromatic N) is 6. The quantitative estimate of drug-likeness (QED) is 0.316. The minimum absolute atomic E-state index is 0.569. The average Bonchev–Trinajstić information content (AvgIpc) is 3.55. The summed E-state index contributed by atoms with van der Waals surface area (Å²) < 4.78 is 1.66. The van der Waals surface area contributed by atoms with Crippen LogP contribution < -0.4 is 4.90 Å². The molecule has 7 nitrogen and oxygen atoms in total. The third-order valence-electron chi connectivity index (χ3n) is 6.00. The van der Waals surface area contributed by atoms with Crippen LogP contribution in [0.25, 0.3) is 16.7 Å². The highest BCUT2D eigenvalue weighted by atomic mass is 35.5. The number of anilines is 1. The number of halogens is 1. The van der Waals surface area contributed by atoms with Crippen molar-refractivity contribution in [3.05, 3.63) is 113 Å². The smallest absolute Gasteiger partial charge is 0.235 e. The van der Waals surface area contributed by atoms with Gasteiger partial charge in [0.1, 0.15) is 12.7 Å². The van der Waals surface area contributed by atoms with Gasteiger partial charge in [-0.25, -0.2) is 14.6 Å². The number of hydrogen-bond acceptors (Lipinski definition) is 6. The van der Waals surface area contributed by atoms with Crippen molar-refractivity contribution in [1.29, 1.82) is 0 Å². The van der Waals surface area contributed by atoms with Gasteiger partial charge in [0, 0.05) is 21.7 Å². The summed E-state index contributed by atoms with van der Waals surface area (Å²) in [4.78, 5) is 17.3. The molecule has 0 amide bonds. The molecule has 35 heavy (non-hydrogen) atoms. The van der Waals surface area contributed by atoms with Crippen LogP contribution in [0.1, 0.15) is 28.5 Å². The fourth-order valence-electron chi connectivity index (χ4n) is 4.24. The van der Waals surface area contributed by atoms with Gasteiger partial charge in [0.15, 0.2) is 11.7 Å². The summed E-state index contributed by atoms with van der Waals surface area (Å²) in [7, 11) is 0. The van der Waals surface area contributed by atoms with E-state index in [9.17, 15) is 0 Å². The van der Waals surface area contributed by atoms with E-state index in [1.807, 2.05) is 36.4 Å². The second-order valence-corrected chi connectivity index (χ2v) is 8.96. The lowest BCUT2D eigenvalue weighted by molar-refractivity contribution is 0.0865. The van der Waals surface area contributed by atoms with Crippen molar-refractivity contribution in [2.24, 2.45) is 5.16 Å². The highest BCUT2D eigenvalue weighted by Gasteiger charge is 2.36. The summed E-state index contributed by atoms with van der Waals surface area (Å²) in [6.45, 7) is 4.13. The number of aryl methyl sites for hydroxylation is 2. The first kappa shape index (κ1) is 21.3. The van der Waals surface area contributed by atoms with E-state index in [0.717, 1.165) is 33.3 Å². The average molecular weight is 481 g/mol. The summed E-state index contributed by atoms with van der Waals surface area (Å²) in [5, 5.41) is 10.5. The van der Waals surface area contributed by atoms with Crippen LogP contribution in [0, 0.1) is 13.8 Å². The Labute approximate surface area is 207 Å². The van der Waals surface area contributed by atoms with Crippen molar-refractivity contribution >= 4 is 34.0 Å². The van der Waals surface area contributed by atoms with Crippen LogP contribution in [0.4, 0.5) is 5.69 Å². The van der Waals surface area contributed by atoms with Crippen LogP contribution in [0.5, 0.6) is 0 Å². The van der Waals surface area contributed by atoms with Gasteiger partial charge in [-0.3, -0.25) is 4.90 Å². The van der Waals surface area contributed by atoms with E-state index in [2.05, 4.69) is 70.4 Å². The van der Waals surface area contributed by atoms with Gasteiger partial charge >= 0.3 is 0 Å². The van der Waals surface area contributed by atoms with Gasteiger partial charge in [0.05, 0.1) is 11.1 Å². The van der Waals surface area contributed by atoms with Gasteiger partial charge in [-0.1, -0.05) is 46.1 Å². The number of rotatable bonds is 4. The van der Waals surface area contributed by atoms with Crippen molar-refractivity contribution in [2.75, 3.05) is 4.90 Å². The lowest BCUT2D eigenvalue weighted by atomic mass is 10.1. The van der Waals surface area contributed by atoms with Crippen LogP contribution in [-0.2, 0) is 4.84 Å². The summed E-state index contributed by atoms with van der Waals surface area (Å²) in [6, 6.07) is 24.1. The van der Waals surface area contributed by atoms with E-state index >= 15 is 0 Å². The molecule has 8 heteroatoms. The van der Waals surface area contributed by atoms with Crippen molar-refractivity contribution in [3.8, 4) is 5.82 Å². The Hall–Kier alpha value is -4.23. The zero-order valence-electron chi connectivity index (χ0n) is 19.1. The fraction of sp³-hybridized carbons (Fsp3) is 0.111. The maximum Gasteiger partial charge on any atom is 0.235 e. The molecule has 0 aliphatic carbocycles. The van der Waals surface area contributed by atoms with Crippen molar-refractivity contribution in [1.82, 2.24) is 19.7 Å². The number of hydrogen-bond donors (Lipinski definition) is 0. The van der Waals surface area contributed by atoms with Gasteiger partial charge in [0.25, 0.3) is 0 Å². The first-order valence-electron chi connectivity index (χ1n) is 11.2. The summed E-state index contributed by atoms with van der Waals surface area (Å²) in [5.74, 6) is 1.32. The predicted octanol–water partition coefficient (Wildman–Crippen LogP) is 5.98. The van der Waals surface area contributed by atoms with Crippen molar-refractivity contribution in [3.63, 3.8) is 0 Å². The molecule has 172 valence electrons. The Balaban J connectivity index is 1.55. The minimum Gasteiger partial charge on any atom is -0.363 e. The van der Waals surface area contributed by atoms with E-state index in [0.29, 0.717) is 16.7 Å². The van der Waals surface area contributed by atoms with E-state index in [-0.39, 0.29) is 0 Å². The molecule has 0 bridgehead atoms. The van der Waals surface area contributed by atoms with Crippen LogP contribution in [0.3, 0.4) is 0 Å². The van der Waals surface area contributed by atoms with Gasteiger partial charge in [-0.15, -0.1) is 0 Å². The molecule has 1 aliphatic rings. The molecule has 6 rings (SSSR count). The van der Waals surface area contributed by atoms with Crippen LogP contribution in [0.15, 0.2) is 90.6 Å². The van der Waals surface area contributed by atoms with Crippen molar-refractivity contribution in [2.45, 2.75) is 20.1 Å². The number of benzene rings is 3. The molecule has 0 spiro atoms. The number of pyridine rings is 1. The minimum atomic E-state index is -0.569. The van der Waals surface area contributed by atoms with Gasteiger partial charge in [-0.2, -0.15) is 5.10 Å². The molecule has 5 aromatic rings. The molecule has 1 atom stereocenters. The Kier molecular flexibility index (Phi) is 5.19. The molecule has 0 saturated heterocycles. The first-order valence-corrected chi connectivity index (χ1v) is 11.6. The Morgan fingerprint density at radius 2 is 1.66 bits per heavy atom. The monoisotopic (exact) mass is 480 g/mol. The standard InChI is InChI=1S/C27H21ClN6O/c1-17-3-10-22(11-4-17)34-25(19-6-8-21(28)9-7-19)32-35-27(34)23-14-20-13-18(2)5-12-24(20)31-26(23)33-16-29-15-30-33/h3-16,27H,1-2H3. The van der Waals surface area contributed by atoms with Crippen LogP contribution in [0.2, 0.25) is 5.02 Å². The molecule has 1 aliphatic heterocycles. The van der Waals surface area contributed by atoms with Gasteiger partial charge < -0.3 is 4.84 Å². The third kappa shape index (κ3) is 3.90. The zero-order chi connectivity index (χ0) is 23.9. The Morgan fingerprint density at radius 1 is 0.886 bits per heavy atom. The second kappa shape index (κ2) is 8.52. The number of oxime groups is 1. The SMILES string of the molecule is Cc1ccc(N2C(c3ccc(Cl)cc3)=NOC2c2cc3cc(C)ccc3nc2-n2cncn2)cc1. The molecule has 0 N–H and O–H groups in total. The topological polar surface area (TPSA) is 68.4 Å². The van der Waals surface area contributed by atoms with Crippen molar-refractivity contribution < 1.29 is 4.84 Å². The van der Waals surface area contributed by atoms with E-state index in [4.69, 9.17) is 21.4 Å². The molecule has 3 aromatic carbocycles. The molecular formula is C27H21ClN6O. The second-order valence-electron chi connectivity index (χ2n) is 8.52. The highest BCUT2D eigenvalue weighted by molar-refractivity contribution is 6.30. The molecule has 0 fully saturated rings. The molecule has 3 heterocycles. The summed E-state index contributed by atoms with van der Waals surface area (Å²) in [5.41, 5.74) is 5.84. The molecule has 1 unspecified atom stereocenters. The zero-order valence-corrected chi connectivity index (χ0v) is 19.9. The predicted molar refractivity (Wildman–Crippen MR) is 137 cm³/mol. The summed E-state index contributed by atoms with van der Waals surface area (Å²) in [6.07, 6.45) is 2.56. The van der Waals surface area contributed by atoms with Gasteiger partial charge in [-0.05, 0) is 68.4 Å². The molecular weight excluding hydrogens is 460 g/mol. The maximum absolute atomic E-state index is 6.15.